The fourth-order valence-electron chi connectivity index (χ4n) is 3.42. The second-order valence-electron chi connectivity index (χ2n) is 6.71. The van der Waals surface area contributed by atoms with Crippen molar-refractivity contribution in [3.8, 4) is 11.5 Å². The van der Waals surface area contributed by atoms with Gasteiger partial charge in [0.25, 0.3) is 5.91 Å². The van der Waals surface area contributed by atoms with Gasteiger partial charge in [0.1, 0.15) is 17.1 Å². The molecule has 148 valence electrons. The minimum Gasteiger partial charge on any atom is -0.496 e. The number of amides is 1. The molecule has 0 N–H and O–H groups in total. The quantitative estimate of drug-likeness (QED) is 0.689. The molecule has 2 aromatic rings. The summed E-state index contributed by atoms with van der Waals surface area (Å²) in [6, 6.07) is 14.7. The number of hydrogen-bond donors (Lipinski definition) is 0. The first-order chi connectivity index (χ1) is 13.6. The van der Waals surface area contributed by atoms with E-state index < -0.39 is 0 Å². The number of rotatable bonds is 7. The predicted molar refractivity (Wildman–Crippen MR) is 107 cm³/mol. The summed E-state index contributed by atoms with van der Waals surface area (Å²) >= 11 is 0. The predicted octanol–water partition coefficient (Wildman–Crippen LogP) is 2.73. The third-order valence-corrected chi connectivity index (χ3v) is 5.05. The molecule has 0 aliphatic carbocycles. The van der Waals surface area contributed by atoms with Gasteiger partial charge in [0, 0.05) is 44.7 Å². The Morgan fingerprint density at radius 2 is 1.46 bits per heavy atom. The molecule has 0 aromatic heterocycles. The summed E-state index contributed by atoms with van der Waals surface area (Å²) in [7, 11) is 3.10. The molecule has 1 aliphatic heterocycles. The van der Waals surface area contributed by atoms with Crippen molar-refractivity contribution in [2.75, 3.05) is 46.9 Å². The maximum Gasteiger partial charge on any atom is 0.261 e. The van der Waals surface area contributed by atoms with Crippen LogP contribution in [0.2, 0.25) is 0 Å². The molecule has 1 aliphatic rings. The maximum atomic E-state index is 13.0. The zero-order valence-corrected chi connectivity index (χ0v) is 16.4. The van der Waals surface area contributed by atoms with Crippen LogP contribution in [0.4, 0.5) is 0 Å². The lowest BCUT2D eigenvalue weighted by atomic mass is 10.1. The van der Waals surface area contributed by atoms with Gasteiger partial charge in [0.05, 0.1) is 14.2 Å². The number of Topliss-reactive ketones (excluding diaryl/α,β-unsaturated/α-hetero) is 1. The molecule has 1 fully saturated rings. The summed E-state index contributed by atoms with van der Waals surface area (Å²) in [6.45, 7) is 3.41. The maximum absolute atomic E-state index is 13.0. The molecule has 3 rings (SSSR count). The van der Waals surface area contributed by atoms with Gasteiger partial charge in [-0.25, -0.2) is 0 Å². The monoisotopic (exact) mass is 382 g/mol. The Labute approximate surface area is 165 Å². The number of hydrogen-bond acceptors (Lipinski definition) is 5. The summed E-state index contributed by atoms with van der Waals surface area (Å²) in [5.74, 6) is 1.09. The van der Waals surface area contributed by atoms with Gasteiger partial charge in [-0.3, -0.25) is 14.5 Å². The Morgan fingerprint density at radius 1 is 0.857 bits per heavy atom. The van der Waals surface area contributed by atoms with E-state index in [-0.39, 0.29) is 11.7 Å². The number of ketones is 1. The first-order valence-electron chi connectivity index (χ1n) is 9.45. The van der Waals surface area contributed by atoms with E-state index in [1.165, 1.54) is 0 Å². The van der Waals surface area contributed by atoms with Gasteiger partial charge < -0.3 is 14.4 Å². The lowest BCUT2D eigenvalue weighted by Crippen LogP contribution is -2.49. The minimum absolute atomic E-state index is 0.0886. The third kappa shape index (κ3) is 4.51. The van der Waals surface area contributed by atoms with Crippen molar-refractivity contribution in [1.82, 2.24) is 9.80 Å². The van der Waals surface area contributed by atoms with Crippen LogP contribution >= 0.6 is 0 Å². The van der Waals surface area contributed by atoms with E-state index in [0.717, 1.165) is 18.7 Å². The van der Waals surface area contributed by atoms with Crippen LogP contribution in [-0.4, -0.2) is 68.4 Å². The standard InChI is InChI=1S/C22H26N2O4/c1-27-19-9-6-10-20(28-2)21(19)22(26)24-15-13-23(14-16-24)12-11-18(25)17-7-4-3-5-8-17/h3-10H,11-16H2,1-2H3. The smallest absolute Gasteiger partial charge is 0.261 e. The van der Waals surface area contributed by atoms with Gasteiger partial charge in [-0.15, -0.1) is 0 Å². The SMILES string of the molecule is COc1cccc(OC)c1C(=O)N1CCN(CCC(=O)c2ccccc2)CC1. The van der Waals surface area contributed by atoms with Crippen LogP contribution in [0.15, 0.2) is 48.5 Å². The number of piperazine rings is 1. The zero-order valence-electron chi connectivity index (χ0n) is 16.4. The summed E-state index contributed by atoms with van der Waals surface area (Å²) in [6.07, 6.45) is 0.484. The van der Waals surface area contributed by atoms with Gasteiger partial charge in [-0.1, -0.05) is 36.4 Å². The van der Waals surface area contributed by atoms with Crippen molar-refractivity contribution in [3.05, 3.63) is 59.7 Å². The van der Waals surface area contributed by atoms with Gasteiger partial charge in [-0.2, -0.15) is 0 Å². The highest BCUT2D eigenvalue weighted by Gasteiger charge is 2.27. The van der Waals surface area contributed by atoms with Crippen molar-refractivity contribution in [3.63, 3.8) is 0 Å². The van der Waals surface area contributed by atoms with Crippen molar-refractivity contribution < 1.29 is 19.1 Å². The molecule has 1 heterocycles. The lowest BCUT2D eigenvalue weighted by Gasteiger charge is -2.35. The molecular weight excluding hydrogens is 356 g/mol. The molecule has 2 aromatic carbocycles. The van der Waals surface area contributed by atoms with Crippen LogP contribution in [0.1, 0.15) is 27.1 Å². The Balaban J connectivity index is 1.56. The molecule has 28 heavy (non-hydrogen) atoms. The largest absolute Gasteiger partial charge is 0.496 e. The first kappa shape index (κ1) is 19.9. The van der Waals surface area contributed by atoms with Crippen LogP contribution in [0, 0.1) is 0 Å². The van der Waals surface area contributed by atoms with Crippen molar-refractivity contribution >= 4 is 11.7 Å². The van der Waals surface area contributed by atoms with Crippen molar-refractivity contribution in [2.45, 2.75) is 6.42 Å². The molecule has 0 spiro atoms. The number of carbonyl (C=O) groups is 2. The van der Waals surface area contributed by atoms with Crippen LogP contribution in [0.5, 0.6) is 11.5 Å². The highest BCUT2D eigenvalue weighted by atomic mass is 16.5. The zero-order chi connectivity index (χ0) is 19.9. The molecule has 0 radical (unpaired) electrons. The minimum atomic E-state index is -0.0886. The average Bonchev–Trinajstić information content (AvgIpc) is 2.77. The number of ether oxygens (including phenoxy) is 2. The van der Waals surface area contributed by atoms with Gasteiger partial charge in [0.2, 0.25) is 0 Å². The average molecular weight is 382 g/mol. The number of benzene rings is 2. The molecule has 0 atom stereocenters. The summed E-state index contributed by atoms with van der Waals surface area (Å²) < 4.78 is 10.7. The second-order valence-corrected chi connectivity index (χ2v) is 6.71. The first-order valence-corrected chi connectivity index (χ1v) is 9.45. The molecular formula is C22H26N2O4. The highest BCUT2D eigenvalue weighted by Crippen LogP contribution is 2.29. The fourth-order valence-corrected chi connectivity index (χ4v) is 3.42. The topological polar surface area (TPSA) is 59.1 Å². The van der Waals surface area contributed by atoms with Crippen molar-refractivity contribution in [1.29, 1.82) is 0 Å². The molecule has 0 saturated carbocycles. The van der Waals surface area contributed by atoms with Gasteiger partial charge >= 0.3 is 0 Å². The molecule has 1 amide bonds. The van der Waals surface area contributed by atoms with E-state index in [4.69, 9.17) is 9.47 Å². The molecule has 0 bridgehead atoms. The second kappa shape index (κ2) is 9.37. The summed E-state index contributed by atoms with van der Waals surface area (Å²) in [4.78, 5) is 29.3. The Kier molecular flexibility index (Phi) is 6.66. The molecule has 0 unspecified atom stereocenters. The van der Waals surface area contributed by atoms with Gasteiger partial charge in [-0.05, 0) is 12.1 Å². The normalized spacial score (nSPS) is 14.6. The van der Waals surface area contributed by atoms with Crippen LogP contribution in [0.25, 0.3) is 0 Å². The van der Waals surface area contributed by atoms with E-state index in [1.807, 2.05) is 35.2 Å². The van der Waals surface area contributed by atoms with Crippen molar-refractivity contribution in [2.24, 2.45) is 0 Å². The van der Waals surface area contributed by atoms with E-state index >= 15 is 0 Å². The van der Waals surface area contributed by atoms with Crippen LogP contribution < -0.4 is 9.47 Å². The Hall–Kier alpha value is -2.86. The third-order valence-electron chi connectivity index (χ3n) is 5.05. The summed E-state index contributed by atoms with van der Waals surface area (Å²) in [5, 5.41) is 0. The number of methoxy groups -OCH3 is 2. The van der Waals surface area contributed by atoms with Gasteiger partial charge in [0.15, 0.2) is 5.78 Å². The summed E-state index contributed by atoms with van der Waals surface area (Å²) in [5.41, 5.74) is 1.21. The van der Waals surface area contributed by atoms with E-state index in [9.17, 15) is 9.59 Å². The van der Waals surface area contributed by atoms with Crippen LogP contribution in [-0.2, 0) is 0 Å². The van der Waals surface area contributed by atoms with E-state index in [0.29, 0.717) is 43.1 Å². The number of carbonyl (C=O) groups excluding carboxylic acids is 2. The van der Waals surface area contributed by atoms with Crippen LogP contribution in [0.3, 0.4) is 0 Å². The molecule has 6 heteroatoms. The highest BCUT2D eigenvalue weighted by molar-refractivity contribution is 6.00. The Morgan fingerprint density at radius 3 is 2.04 bits per heavy atom. The van der Waals surface area contributed by atoms with E-state index in [1.54, 1.807) is 32.4 Å². The lowest BCUT2D eigenvalue weighted by molar-refractivity contribution is 0.0622. The fraction of sp³-hybridized carbons (Fsp3) is 0.364. The molecule has 6 nitrogen and oxygen atoms in total. The Bertz CT molecular complexity index is 792. The molecule has 1 saturated heterocycles. The van der Waals surface area contributed by atoms with E-state index in [2.05, 4.69) is 4.90 Å². The number of nitrogens with zero attached hydrogens (tertiary/aromatic N) is 2.